The van der Waals surface area contributed by atoms with E-state index in [1.807, 2.05) is 0 Å². The molecule has 0 N–H and O–H groups in total. The first-order chi connectivity index (χ1) is 3.77. The Hall–Kier alpha value is 0.970. The maximum absolute atomic E-state index is 5.32. The van der Waals surface area contributed by atoms with Gasteiger partial charge in [0.25, 0.3) is 0 Å². The van der Waals surface area contributed by atoms with Crippen LogP contribution in [0.1, 0.15) is 19.8 Å². The molecule has 0 aliphatic rings. The van der Waals surface area contributed by atoms with E-state index >= 15 is 0 Å². The summed E-state index contributed by atoms with van der Waals surface area (Å²) in [5, 5.41) is 0. The molecule has 0 atom stereocenters. The molecule has 0 amide bonds. The predicted octanol–water partition coefficient (Wildman–Crippen LogP) is 3.51. The average molecular weight is 175 g/mol. The summed E-state index contributed by atoms with van der Waals surface area (Å²) in [5.41, 5.74) is 0. The zero-order valence-electron chi connectivity index (χ0n) is 4.73. The van der Waals surface area contributed by atoms with E-state index in [2.05, 4.69) is 6.92 Å². The summed E-state index contributed by atoms with van der Waals surface area (Å²) in [5.74, 6) is 0. The fourth-order valence-electron chi connectivity index (χ4n) is 0.278. The molecular weight excluding hydrogens is 166 g/mol. The molecule has 0 unspecified atom stereocenters. The molecule has 50 valence electrons. The second kappa shape index (κ2) is 6.10. The van der Waals surface area contributed by atoms with E-state index < -0.39 is 6.85 Å². The van der Waals surface area contributed by atoms with Gasteiger partial charge in [0.05, 0.1) is 6.61 Å². The van der Waals surface area contributed by atoms with Crippen LogP contribution < -0.4 is 0 Å². The number of rotatable bonds is 4. The second-order valence-corrected chi connectivity index (χ2v) is 4.41. The SMILES string of the molecule is CCCCOP(Cl)Cl. The van der Waals surface area contributed by atoms with Crippen molar-refractivity contribution in [1.82, 2.24) is 0 Å². The van der Waals surface area contributed by atoms with E-state index in [0.717, 1.165) is 12.8 Å². The Morgan fingerprint density at radius 1 is 1.50 bits per heavy atom. The zero-order valence-corrected chi connectivity index (χ0v) is 7.14. The van der Waals surface area contributed by atoms with Gasteiger partial charge in [-0.05, 0) is 28.9 Å². The van der Waals surface area contributed by atoms with Crippen LogP contribution in [-0.4, -0.2) is 6.61 Å². The normalized spacial score (nSPS) is 10.5. The molecule has 0 bridgehead atoms. The van der Waals surface area contributed by atoms with Gasteiger partial charge < -0.3 is 4.52 Å². The Kier molecular flexibility index (Phi) is 6.83. The number of hydrogen-bond donors (Lipinski definition) is 0. The second-order valence-electron chi connectivity index (χ2n) is 1.39. The molecule has 0 rings (SSSR count). The van der Waals surface area contributed by atoms with Crippen LogP contribution in [0.5, 0.6) is 0 Å². The van der Waals surface area contributed by atoms with Crippen LogP contribution in [0.4, 0.5) is 0 Å². The van der Waals surface area contributed by atoms with Gasteiger partial charge in [-0.15, -0.1) is 0 Å². The first kappa shape index (κ1) is 8.97. The van der Waals surface area contributed by atoms with Crippen molar-refractivity contribution < 1.29 is 4.52 Å². The third-order valence-corrected chi connectivity index (χ3v) is 1.65. The van der Waals surface area contributed by atoms with Gasteiger partial charge in [0.2, 0.25) is 6.85 Å². The zero-order chi connectivity index (χ0) is 6.41. The van der Waals surface area contributed by atoms with Crippen molar-refractivity contribution in [2.75, 3.05) is 6.61 Å². The topological polar surface area (TPSA) is 9.23 Å². The highest BCUT2D eigenvalue weighted by Crippen LogP contribution is 2.47. The van der Waals surface area contributed by atoms with Crippen LogP contribution in [0.25, 0.3) is 0 Å². The first-order valence-corrected chi connectivity index (χ1v) is 5.59. The Morgan fingerprint density at radius 3 is 2.50 bits per heavy atom. The smallest absolute Gasteiger partial charge is 0.225 e. The summed E-state index contributed by atoms with van der Waals surface area (Å²) in [6.07, 6.45) is 2.16. The Labute approximate surface area is 60.7 Å². The fraction of sp³-hybridized carbons (Fsp3) is 1.00. The average Bonchev–Trinajstić information content (AvgIpc) is 1.66. The number of hydrogen-bond acceptors (Lipinski definition) is 1. The van der Waals surface area contributed by atoms with Crippen LogP contribution in [0.2, 0.25) is 0 Å². The molecule has 0 spiro atoms. The lowest BCUT2D eigenvalue weighted by Crippen LogP contribution is -1.81. The highest BCUT2D eigenvalue weighted by atomic mass is 35.9. The van der Waals surface area contributed by atoms with Gasteiger partial charge >= 0.3 is 0 Å². The molecule has 0 aromatic rings. The van der Waals surface area contributed by atoms with Gasteiger partial charge in [0, 0.05) is 0 Å². The molecule has 0 aliphatic carbocycles. The summed E-state index contributed by atoms with van der Waals surface area (Å²) in [6, 6.07) is 0. The molecular formula is C4H9Cl2OP. The molecule has 0 aromatic heterocycles. The third kappa shape index (κ3) is 6.97. The molecule has 4 heteroatoms. The lowest BCUT2D eigenvalue weighted by atomic mass is 10.4. The lowest BCUT2D eigenvalue weighted by Gasteiger charge is -1.99. The van der Waals surface area contributed by atoms with E-state index in [4.69, 9.17) is 27.0 Å². The van der Waals surface area contributed by atoms with E-state index in [1.165, 1.54) is 0 Å². The molecule has 0 saturated heterocycles. The predicted molar refractivity (Wildman–Crippen MR) is 39.5 cm³/mol. The molecule has 0 aliphatic heterocycles. The maximum Gasteiger partial charge on any atom is 0.225 e. The van der Waals surface area contributed by atoms with Gasteiger partial charge in [-0.3, -0.25) is 0 Å². The van der Waals surface area contributed by atoms with E-state index in [0.29, 0.717) is 6.61 Å². The number of halogens is 2. The van der Waals surface area contributed by atoms with Crippen LogP contribution in [0, 0.1) is 0 Å². The standard InChI is InChI=1S/C4H9Cl2OP/c1-2-3-4-7-8(5)6/h2-4H2,1H3. The Bertz CT molecular complexity index is 51.3. The van der Waals surface area contributed by atoms with Gasteiger partial charge in [-0.2, -0.15) is 0 Å². The van der Waals surface area contributed by atoms with Crippen LogP contribution in [-0.2, 0) is 4.52 Å². The molecule has 0 heterocycles. The van der Waals surface area contributed by atoms with Crippen LogP contribution in [0.3, 0.4) is 0 Å². The van der Waals surface area contributed by atoms with Crippen LogP contribution in [0.15, 0.2) is 0 Å². The van der Waals surface area contributed by atoms with Gasteiger partial charge in [-0.1, -0.05) is 13.3 Å². The summed E-state index contributed by atoms with van der Waals surface area (Å²) in [4.78, 5) is 0. The summed E-state index contributed by atoms with van der Waals surface area (Å²) in [6.45, 7) is 1.61. The minimum Gasteiger partial charge on any atom is -0.332 e. The van der Waals surface area contributed by atoms with Gasteiger partial charge in [-0.25, -0.2) is 0 Å². The van der Waals surface area contributed by atoms with E-state index in [9.17, 15) is 0 Å². The molecule has 0 fully saturated rings. The molecule has 0 radical (unpaired) electrons. The third-order valence-electron chi connectivity index (χ3n) is 0.687. The van der Waals surface area contributed by atoms with Crippen molar-refractivity contribution in [1.29, 1.82) is 0 Å². The highest BCUT2D eigenvalue weighted by molar-refractivity contribution is 8.00. The van der Waals surface area contributed by atoms with Gasteiger partial charge in [0.15, 0.2) is 0 Å². The maximum atomic E-state index is 5.32. The summed E-state index contributed by atoms with van der Waals surface area (Å²) >= 11 is 10.6. The van der Waals surface area contributed by atoms with Crippen molar-refractivity contribution in [2.45, 2.75) is 19.8 Å². The van der Waals surface area contributed by atoms with Crippen molar-refractivity contribution in [3.05, 3.63) is 0 Å². The van der Waals surface area contributed by atoms with Crippen LogP contribution >= 0.6 is 29.3 Å². The lowest BCUT2D eigenvalue weighted by molar-refractivity contribution is 0.355. The highest BCUT2D eigenvalue weighted by Gasteiger charge is 1.95. The minimum atomic E-state index is -1.17. The quantitative estimate of drug-likeness (QED) is 0.469. The fourth-order valence-corrected chi connectivity index (χ4v) is 0.959. The molecule has 0 saturated carbocycles. The van der Waals surface area contributed by atoms with E-state index in [1.54, 1.807) is 0 Å². The summed E-state index contributed by atoms with van der Waals surface area (Å²) < 4.78 is 4.88. The molecule has 1 nitrogen and oxygen atoms in total. The van der Waals surface area contributed by atoms with Crippen molar-refractivity contribution >= 4 is 29.3 Å². The Morgan fingerprint density at radius 2 is 2.12 bits per heavy atom. The van der Waals surface area contributed by atoms with Crippen molar-refractivity contribution in [3.63, 3.8) is 0 Å². The molecule has 0 aromatic carbocycles. The van der Waals surface area contributed by atoms with Gasteiger partial charge in [0.1, 0.15) is 0 Å². The largest absolute Gasteiger partial charge is 0.332 e. The van der Waals surface area contributed by atoms with Crippen molar-refractivity contribution in [2.24, 2.45) is 0 Å². The molecule has 8 heavy (non-hydrogen) atoms. The monoisotopic (exact) mass is 174 g/mol. The number of unbranched alkanes of at least 4 members (excludes halogenated alkanes) is 1. The minimum absolute atomic E-state index is 0.690. The van der Waals surface area contributed by atoms with Crippen molar-refractivity contribution in [3.8, 4) is 0 Å². The first-order valence-electron chi connectivity index (χ1n) is 2.52. The summed E-state index contributed by atoms with van der Waals surface area (Å²) in [7, 11) is 0. The van der Waals surface area contributed by atoms with E-state index in [-0.39, 0.29) is 0 Å². The Balaban J connectivity index is 2.72.